The molecule has 2 heterocycles. The Morgan fingerprint density at radius 3 is 2.73 bits per heavy atom. The average Bonchev–Trinajstić information content (AvgIpc) is 2.48. The van der Waals surface area contributed by atoms with Gasteiger partial charge < -0.3 is 15.3 Å². The third-order valence-corrected chi connectivity index (χ3v) is 5.03. The van der Waals surface area contributed by atoms with Crippen LogP contribution in [-0.2, 0) is 0 Å². The number of aryl methyl sites for hydroxylation is 1. The van der Waals surface area contributed by atoms with Gasteiger partial charge in [0.05, 0.1) is 30.1 Å². The summed E-state index contributed by atoms with van der Waals surface area (Å²) in [5, 5.41) is 31.3. The Morgan fingerprint density at radius 2 is 2.14 bits per heavy atom. The van der Waals surface area contributed by atoms with E-state index < -0.39 is 46.7 Å². The first-order chi connectivity index (χ1) is 10.4. The molecule has 1 aliphatic heterocycles. The zero-order valence-corrected chi connectivity index (χ0v) is 12.3. The summed E-state index contributed by atoms with van der Waals surface area (Å²) in [7, 11) is 0. The van der Waals surface area contributed by atoms with Gasteiger partial charge in [-0.05, 0) is 12.5 Å². The second-order valence-corrected chi connectivity index (χ2v) is 6.26. The fourth-order valence-electron chi connectivity index (χ4n) is 2.28. The summed E-state index contributed by atoms with van der Waals surface area (Å²) in [5.74, 6) is 0. The van der Waals surface area contributed by atoms with Gasteiger partial charge in [-0.25, -0.2) is 4.79 Å². The first kappa shape index (κ1) is 16.6. The molecule has 0 aliphatic carbocycles. The molecule has 10 nitrogen and oxygen atoms in total. The van der Waals surface area contributed by atoms with E-state index in [2.05, 4.69) is 15.0 Å². The fraction of sp³-hybridized carbons (Fsp3) is 0.636. The molecule has 1 aliphatic rings. The van der Waals surface area contributed by atoms with Crippen molar-refractivity contribution in [1.29, 1.82) is 0 Å². The summed E-state index contributed by atoms with van der Waals surface area (Å²) in [6.07, 6.45) is -1.33. The number of nitrogens with one attached hydrogen (secondary N) is 1. The van der Waals surface area contributed by atoms with Crippen LogP contribution in [0.5, 0.6) is 0 Å². The molecular weight excluding hydrogens is 314 g/mol. The van der Waals surface area contributed by atoms with Crippen molar-refractivity contribution in [1.82, 2.24) is 9.55 Å². The number of azide groups is 1. The Bertz CT molecular complexity index is 712. The van der Waals surface area contributed by atoms with E-state index in [4.69, 9.17) is 5.53 Å². The Hall–Kier alpha value is -1.78. The van der Waals surface area contributed by atoms with Crippen LogP contribution >= 0.6 is 11.8 Å². The molecule has 0 amide bonds. The van der Waals surface area contributed by atoms with E-state index in [-0.39, 0.29) is 5.56 Å². The number of hydrogen-bond acceptors (Lipinski definition) is 7. The van der Waals surface area contributed by atoms with Gasteiger partial charge in [0.1, 0.15) is 5.37 Å². The second-order valence-electron chi connectivity index (χ2n) is 4.90. The van der Waals surface area contributed by atoms with E-state index in [0.717, 1.165) is 16.3 Å². The van der Waals surface area contributed by atoms with Gasteiger partial charge in [0, 0.05) is 16.7 Å². The maximum Gasteiger partial charge on any atom is 0.329 e. The van der Waals surface area contributed by atoms with Crippen molar-refractivity contribution in [3.05, 3.63) is 43.0 Å². The van der Waals surface area contributed by atoms with Crippen LogP contribution in [0.15, 0.2) is 20.9 Å². The van der Waals surface area contributed by atoms with Crippen molar-refractivity contribution < 1.29 is 15.3 Å². The highest BCUT2D eigenvalue weighted by molar-refractivity contribution is 8.00. The first-order valence-electron chi connectivity index (χ1n) is 6.39. The summed E-state index contributed by atoms with van der Waals surface area (Å²) in [5.41, 5.74) is 7.54. The highest BCUT2D eigenvalue weighted by Gasteiger charge is 2.44. The van der Waals surface area contributed by atoms with E-state index in [9.17, 15) is 24.9 Å². The van der Waals surface area contributed by atoms with Crippen LogP contribution in [0.2, 0.25) is 0 Å². The van der Waals surface area contributed by atoms with Crippen LogP contribution < -0.4 is 11.2 Å². The molecule has 4 N–H and O–H groups in total. The van der Waals surface area contributed by atoms with Gasteiger partial charge in [-0.3, -0.25) is 14.3 Å². The quantitative estimate of drug-likeness (QED) is 0.310. The van der Waals surface area contributed by atoms with Crippen molar-refractivity contribution in [3.63, 3.8) is 0 Å². The minimum absolute atomic E-state index is 0.263. The summed E-state index contributed by atoms with van der Waals surface area (Å²) < 4.78 is 1.10. The number of nitrogens with zero attached hydrogens (tertiary/aromatic N) is 4. The summed E-state index contributed by atoms with van der Waals surface area (Å²) in [4.78, 5) is 28.0. The van der Waals surface area contributed by atoms with Crippen molar-refractivity contribution in [2.24, 2.45) is 5.11 Å². The molecule has 11 heteroatoms. The van der Waals surface area contributed by atoms with Crippen LogP contribution in [0, 0.1) is 6.92 Å². The second kappa shape index (κ2) is 6.55. The molecular formula is C11H15N5O5S. The molecule has 0 unspecified atom stereocenters. The average molecular weight is 329 g/mol. The fourth-order valence-corrected chi connectivity index (χ4v) is 3.66. The summed E-state index contributed by atoms with van der Waals surface area (Å²) in [6.45, 7) is 1.07. The molecule has 0 spiro atoms. The molecule has 1 saturated heterocycles. The molecule has 1 aromatic heterocycles. The summed E-state index contributed by atoms with van der Waals surface area (Å²) in [6, 6.07) is -1.22. The van der Waals surface area contributed by atoms with Gasteiger partial charge >= 0.3 is 5.69 Å². The van der Waals surface area contributed by atoms with Crippen molar-refractivity contribution >= 4 is 11.8 Å². The molecule has 0 bridgehead atoms. The molecule has 0 saturated carbocycles. The predicted octanol–water partition coefficient (Wildman–Crippen LogP) is -1.15. The number of rotatable bonds is 3. The van der Waals surface area contributed by atoms with Crippen LogP contribution in [0.1, 0.15) is 10.9 Å². The highest BCUT2D eigenvalue weighted by atomic mass is 32.2. The molecule has 2 rings (SSSR count). The maximum absolute atomic E-state index is 11.9. The monoisotopic (exact) mass is 329 g/mol. The normalized spacial score (nSPS) is 31.5. The number of aliphatic hydroxyl groups excluding tert-OH is 3. The lowest BCUT2D eigenvalue weighted by Crippen LogP contribution is -2.53. The number of aliphatic hydroxyl groups is 3. The third-order valence-electron chi connectivity index (χ3n) is 3.47. The van der Waals surface area contributed by atoms with Crippen LogP contribution in [-0.4, -0.2) is 55.0 Å². The molecule has 5 atom stereocenters. The number of H-pyrrole nitrogens is 1. The van der Waals surface area contributed by atoms with E-state index in [1.54, 1.807) is 0 Å². The SMILES string of the molecule is Cc1cn([C@@H]2S[C@H](CO)[C@@H](O)[C@H](N=[N+]=[N-])[C@H]2O)c(=O)[nH]c1=O. The maximum atomic E-state index is 11.9. The van der Waals surface area contributed by atoms with Crippen LogP contribution in [0.4, 0.5) is 0 Å². The lowest BCUT2D eigenvalue weighted by molar-refractivity contribution is 0.0243. The zero-order chi connectivity index (χ0) is 16.4. The van der Waals surface area contributed by atoms with Gasteiger partial charge in [-0.1, -0.05) is 5.11 Å². The Labute approximate surface area is 128 Å². The molecule has 1 aromatic rings. The van der Waals surface area contributed by atoms with Crippen LogP contribution in [0.25, 0.3) is 10.4 Å². The van der Waals surface area contributed by atoms with E-state index in [0.29, 0.717) is 0 Å². The van der Waals surface area contributed by atoms with Crippen molar-refractivity contribution in [2.45, 2.75) is 35.8 Å². The molecule has 0 aromatic carbocycles. The predicted molar refractivity (Wildman–Crippen MR) is 78.5 cm³/mol. The van der Waals surface area contributed by atoms with E-state index in [1.165, 1.54) is 13.1 Å². The van der Waals surface area contributed by atoms with Crippen LogP contribution in [0.3, 0.4) is 0 Å². The number of aromatic amines is 1. The summed E-state index contributed by atoms with van der Waals surface area (Å²) >= 11 is 0.967. The van der Waals surface area contributed by atoms with E-state index in [1.807, 2.05) is 0 Å². The van der Waals surface area contributed by atoms with Gasteiger partial charge in [0.15, 0.2) is 0 Å². The molecule has 22 heavy (non-hydrogen) atoms. The minimum Gasteiger partial charge on any atom is -0.395 e. The molecule has 120 valence electrons. The van der Waals surface area contributed by atoms with Crippen molar-refractivity contribution in [2.75, 3.05) is 6.61 Å². The van der Waals surface area contributed by atoms with Gasteiger partial charge in [-0.2, -0.15) is 0 Å². The largest absolute Gasteiger partial charge is 0.395 e. The smallest absolute Gasteiger partial charge is 0.329 e. The lowest BCUT2D eigenvalue weighted by atomic mass is 10.0. The Balaban J connectivity index is 2.49. The Morgan fingerprint density at radius 1 is 1.45 bits per heavy atom. The molecule has 0 radical (unpaired) electrons. The topological polar surface area (TPSA) is 164 Å². The highest BCUT2D eigenvalue weighted by Crippen LogP contribution is 2.40. The minimum atomic E-state index is -1.36. The number of aromatic nitrogens is 2. The number of thioether (sulfide) groups is 1. The molecule has 1 fully saturated rings. The van der Waals surface area contributed by atoms with E-state index >= 15 is 0 Å². The first-order valence-corrected chi connectivity index (χ1v) is 7.33. The van der Waals surface area contributed by atoms with Gasteiger partial charge in [-0.15, -0.1) is 11.8 Å². The zero-order valence-electron chi connectivity index (χ0n) is 11.5. The van der Waals surface area contributed by atoms with Gasteiger partial charge in [0.2, 0.25) is 0 Å². The lowest BCUT2D eigenvalue weighted by Gasteiger charge is -2.40. The standard InChI is InChI=1S/C11H15N5O5S/c1-4-2-16(11(21)13-9(4)20)10-8(19)6(14-15-12)7(18)5(3-17)22-10/h2,5-8,10,17-19H,3H2,1H3,(H,13,20,21)/t5-,6+,7-,8-,10-/m1/s1. The van der Waals surface area contributed by atoms with Gasteiger partial charge in [0.25, 0.3) is 5.56 Å². The number of hydrogen-bond donors (Lipinski definition) is 4. The van der Waals surface area contributed by atoms with Crippen molar-refractivity contribution in [3.8, 4) is 0 Å². The Kier molecular flexibility index (Phi) is 4.94. The third kappa shape index (κ3) is 2.89.